The van der Waals surface area contributed by atoms with Crippen LogP contribution in [0.1, 0.15) is 29.5 Å². The molecule has 1 fully saturated rings. The van der Waals surface area contributed by atoms with Crippen molar-refractivity contribution in [3.8, 4) is 0 Å². The molecule has 0 amide bonds. The van der Waals surface area contributed by atoms with Gasteiger partial charge in [-0.3, -0.25) is 4.98 Å². The van der Waals surface area contributed by atoms with Crippen molar-refractivity contribution in [2.24, 2.45) is 0 Å². The van der Waals surface area contributed by atoms with Crippen LogP contribution in [-0.4, -0.2) is 47.3 Å². The van der Waals surface area contributed by atoms with Gasteiger partial charge in [-0.1, -0.05) is 72.3 Å². The van der Waals surface area contributed by atoms with E-state index < -0.39 is 6.10 Å². The summed E-state index contributed by atoms with van der Waals surface area (Å²) in [5.41, 5.74) is 6.44. The zero-order chi connectivity index (χ0) is 21.3. The minimum Gasteiger partial charge on any atom is -0.389 e. The summed E-state index contributed by atoms with van der Waals surface area (Å²) < 4.78 is 5.67. The van der Waals surface area contributed by atoms with Crippen molar-refractivity contribution in [2.75, 3.05) is 26.2 Å². The summed E-state index contributed by atoms with van der Waals surface area (Å²) in [5.74, 6) is 0. The lowest BCUT2D eigenvalue weighted by Crippen LogP contribution is -2.38. The first-order valence-corrected chi connectivity index (χ1v) is 11.0. The minimum absolute atomic E-state index is 0.341. The summed E-state index contributed by atoms with van der Waals surface area (Å²) in [7, 11) is 0. The lowest BCUT2D eigenvalue weighted by Gasteiger charge is -2.31. The van der Waals surface area contributed by atoms with Gasteiger partial charge in [0.2, 0.25) is 0 Å². The molecule has 0 saturated carbocycles. The molecule has 1 aliphatic heterocycles. The van der Waals surface area contributed by atoms with Crippen molar-refractivity contribution in [1.29, 1.82) is 0 Å². The molecule has 31 heavy (non-hydrogen) atoms. The van der Waals surface area contributed by atoms with Gasteiger partial charge in [-0.15, -0.1) is 0 Å². The number of likely N-dealkylation sites (tertiary alicyclic amines) is 1. The van der Waals surface area contributed by atoms with Crippen LogP contribution in [0.25, 0.3) is 5.57 Å². The molecule has 2 aromatic carbocycles. The van der Waals surface area contributed by atoms with Crippen molar-refractivity contribution < 1.29 is 9.84 Å². The molecule has 1 atom stereocenters. The SMILES string of the molecule is OC(COCc1cccnc1)CN1CCC(=C(c2ccccc2)c2ccccc2)CC1. The summed E-state index contributed by atoms with van der Waals surface area (Å²) in [6, 6.07) is 25.2. The molecular formula is C27H30N2O2. The Morgan fingerprint density at radius 3 is 2.13 bits per heavy atom. The Balaban J connectivity index is 1.34. The fourth-order valence-corrected chi connectivity index (χ4v) is 4.19. The standard InChI is InChI=1S/C27H30N2O2/c30-26(21-31-20-22-8-7-15-28-18-22)19-29-16-13-25(14-17-29)27(23-9-3-1-4-10-23)24-11-5-2-6-12-24/h1-12,15,18,26,30H,13-14,16-17,19-21H2. The Morgan fingerprint density at radius 2 is 1.55 bits per heavy atom. The van der Waals surface area contributed by atoms with Crippen LogP contribution in [0.15, 0.2) is 90.8 Å². The third kappa shape index (κ3) is 6.11. The molecule has 1 aromatic heterocycles. The summed E-state index contributed by atoms with van der Waals surface area (Å²) in [6.45, 7) is 3.38. The topological polar surface area (TPSA) is 45.6 Å². The number of ether oxygens (including phenoxy) is 1. The van der Waals surface area contributed by atoms with E-state index in [0.29, 0.717) is 19.8 Å². The van der Waals surface area contributed by atoms with Gasteiger partial charge in [0.25, 0.3) is 0 Å². The first-order chi connectivity index (χ1) is 15.3. The van der Waals surface area contributed by atoms with Crippen LogP contribution in [0.5, 0.6) is 0 Å². The van der Waals surface area contributed by atoms with E-state index in [2.05, 4.69) is 70.5 Å². The van der Waals surface area contributed by atoms with Gasteiger partial charge < -0.3 is 14.7 Å². The number of pyridine rings is 1. The van der Waals surface area contributed by atoms with Crippen LogP contribution in [-0.2, 0) is 11.3 Å². The Hall–Kier alpha value is -2.79. The maximum Gasteiger partial charge on any atom is 0.0900 e. The molecule has 160 valence electrons. The Bertz CT molecular complexity index is 907. The van der Waals surface area contributed by atoms with Crippen LogP contribution >= 0.6 is 0 Å². The highest BCUT2D eigenvalue weighted by Gasteiger charge is 2.20. The molecule has 0 spiro atoms. The molecule has 2 heterocycles. The van der Waals surface area contributed by atoms with Gasteiger partial charge in [-0.2, -0.15) is 0 Å². The molecule has 0 aliphatic carbocycles. The van der Waals surface area contributed by atoms with E-state index in [0.717, 1.165) is 31.5 Å². The average molecular weight is 415 g/mol. The van der Waals surface area contributed by atoms with E-state index in [9.17, 15) is 5.11 Å². The van der Waals surface area contributed by atoms with Crippen molar-refractivity contribution in [3.05, 3.63) is 107 Å². The molecule has 4 nitrogen and oxygen atoms in total. The maximum atomic E-state index is 10.4. The van der Waals surface area contributed by atoms with Gasteiger partial charge in [0.05, 0.1) is 19.3 Å². The van der Waals surface area contributed by atoms with Gasteiger partial charge in [-0.25, -0.2) is 0 Å². The highest BCUT2D eigenvalue weighted by atomic mass is 16.5. The molecule has 0 radical (unpaired) electrons. The highest BCUT2D eigenvalue weighted by Crippen LogP contribution is 2.32. The largest absolute Gasteiger partial charge is 0.389 e. The number of benzene rings is 2. The van der Waals surface area contributed by atoms with Gasteiger partial charge in [0.15, 0.2) is 0 Å². The number of nitrogens with zero attached hydrogens (tertiary/aromatic N) is 2. The summed E-state index contributed by atoms with van der Waals surface area (Å²) in [5, 5.41) is 10.4. The minimum atomic E-state index is -0.482. The van der Waals surface area contributed by atoms with E-state index in [-0.39, 0.29) is 0 Å². The summed E-state index contributed by atoms with van der Waals surface area (Å²) in [6.07, 6.45) is 5.09. The van der Waals surface area contributed by atoms with Crippen LogP contribution in [0.4, 0.5) is 0 Å². The molecule has 1 aliphatic rings. The first kappa shape index (κ1) is 21.4. The molecule has 4 rings (SSSR count). The van der Waals surface area contributed by atoms with E-state index in [1.54, 1.807) is 12.4 Å². The molecule has 0 bridgehead atoms. The Kier molecular flexibility index (Phi) is 7.61. The average Bonchev–Trinajstić information content (AvgIpc) is 2.82. The van der Waals surface area contributed by atoms with E-state index in [1.807, 2.05) is 12.1 Å². The first-order valence-electron chi connectivity index (χ1n) is 11.0. The predicted molar refractivity (Wildman–Crippen MR) is 124 cm³/mol. The number of aromatic nitrogens is 1. The molecule has 4 heteroatoms. The zero-order valence-corrected chi connectivity index (χ0v) is 17.9. The number of hydrogen-bond donors (Lipinski definition) is 1. The third-order valence-electron chi connectivity index (χ3n) is 5.71. The van der Waals surface area contributed by atoms with Crippen LogP contribution in [0.2, 0.25) is 0 Å². The van der Waals surface area contributed by atoms with E-state index >= 15 is 0 Å². The number of aliphatic hydroxyl groups is 1. The van der Waals surface area contributed by atoms with Gasteiger partial charge in [0.1, 0.15) is 0 Å². The number of rotatable bonds is 8. The smallest absolute Gasteiger partial charge is 0.0900 e. The lowest BCUT2D eigenvalue weighted by atomic mass is 9.88. The third-order valence-corrected chi connectivity index (χ3v) is 5.71. The summed E-state index contributed by atoms with van der Waals surface area (Å²) >= 11 is 0. The van der Waals surface area contributed by atoms with Crippen molar-refractivity contribution in [3.63, 3.8) is 0 Å². The second kappa shape index (κ2) is 11.0. The molecule has 1 saturated heterocycles. The number of hydrogen-bond acceptors (Lipinski definition) is 4. The second-order valence-corrected chi connectivity index (χ2v) is 8.04. The normalized spacial score (nSPS) is 15.6. The predicted octanol–water partition coefficient (Wildman–Crippen LogP) is 4.56. The fraction of sp³-hybridized carbons (Fsp3) is 0.296. The quantitative estimate of drug-likeness (QED) is 0.587. The number of β-amino-alcohol motifs (C(OH)–C–C–N with tert-alkyl or cyclic N) is 1. The molecule has 1 unspecified atom stereocenters. The van der Waals surface area contributed by atoms with Crippen LogP contribution in [0.3, 0.4) is 0 Å². The van der Waals surface area contributed by atoms with Crippen LogP contribution in [0, 0.1) is 0 Å². The number of piperidine rings is 1. The molecule has 1 N–H and O–H groups in total. The zero-order valence-electron chi connectivity index (χ0n) is 17.9. The van der Waals surface area contributed by atoms with Crippen molar-refractivity contribution in [1.82, 2.24) is 9.88 Å². The van der Waals surface area contributed by atoms with E-state index in [4.69, 9.17) is 4.74 Å². The highest BCUT2D eigenvalue weighted by molar-refractivity contribution is 5.82. The van der Waals surface area contributed by atoms with E-state index in [1.165, 1.54) is 22.3 Å². The monoisotopic (exact) mass is 414 g/mol. The van der Waals surface area contributed by atoms with Crippen molar-refractivity contribution in [2.45, 2.75) is 25.6 Å². The van der Waals surface area contributed by atoms with Crippen LogP contribution < -0.4 is 0 Å². The molecular weight excluding hydrogens is 384 g/mol. The second-order valence-electron chi connectivity index (χ2n) is 8.04. The number of aliphatic hydroxyl groups excluding tert-OH is 1. The molecule has 3 aromatic rings. The lowest BCUT2D eigenvalue weighted by molar-refractivity contribution is 0.00871. The maximum absolute atomic E-state index is 10.4. The Morgan fingerprint density at radius 1 is 0.903 bits per heavy atom. The van der Waals surface area contributed by atoms with Gasteiger partial charge in [-0.05, 0) is 41.2 Å². The van der Waals surface area contributed by atoms with Gasteiger partial charge in [0, 0.05) is 32.0 Å². The Labute approximate surface area is 184 Å². The van der Waals surface area contributed by atoms with Crippen molar-refractivity contribution >= 4 is 5.57 Å². The summed E-state index contributed by atoms with van der Waals surface area (Å²) in [4.78, 5) is 6.43. The fourth-order valence-electron chi connectivity index (χ4n) is 4.19. The van der Waals surface area contributed by atoms with Gasteiger partial charge >= 0.3 is 0 Å².